The van der Waals surface area contributed by atoms with Crippen molar-refractivity contribution in [3.63, 3.8) is 0 Å². The van der Waals surface area contributed by atoms with Crippen molar-refractivity contribution in [1.29, 1.82) is 0 Å². The third-order valence-corrected chi connectivity index (χ3v) is 8.18. The first-order chi connectivity index (χ1) is 20.4. The van der Waals surface area contributed by atoms with Crippen molar-refractivity contribution in [2.45, 2.75) is 44.5 Å². The molecule has 228 valence electrons. The fourth-order valence-corrected chi connectivity index (χ4v) is 6.28. The van der Waals surface area contributed by atoms with Crippen molar-refractivity contribution in [3.05, 3.63) is 105 Å². The topological polar surface area (TPSA) is 40.5 Å². The molecule has 0 aromatic heterocycles. The lowest BCUT2D eigenvalue weighted by molar-refractivity contribution is -0.162. The molecule has 0 atom stereocenters. The highest BCUT2D eigenvalue weighted by atomic mass is 19.4. The van der Waals surface area contributed by atoms with E-state index in [9.17, 15) is 40.6 Å². The molecule has 2 aliphatic rings. The minimum Gasteiger partial charge on any atom is -0.478 e. The zero-order chi connectivity index (χ0) is 30.9. The van der Waals surface area contributed by atoms with Crippen LogP contribution in [0.3, 0.4) is 0 Å². The number of hydrogen-bond acceptors (Lipinski definition) is 2. The van der Waals surface area contributed by atoms with Crippen molar-refractivity contribution in [1.82, 2.24) is 4.90 Å². The average Bonchev–Trinajstić information content (AvgIpc) is 3.12. The van der Waals surface area contributed by atoms with Crippen LogP contribution in [0, 0.1) is 5.92 Å². The Kier molecular flexibility index (Phi) is 8.70. The predicted molar refractivity (Wildman–Crippen MR) is 149 cm³/mol. The highest BCUT2D eigenvalue weighted by Crippen LogP contribution is 2.48. The number of halogens is 7. The number of carbonyl (C=O) groups is 1. The first-order valence-corrected chi connectivity index (χ1v) is 14.1. The van der Waals surface area contributed by atoms with Crippen molar-refractivity contribution < 1.29 is 40.6 Å². The van der Waals surface area contributed by atoms with E-state index in [0.717, 1.165) is 37.2 Å². The maximum Gasteiger partial charge on any atom is 0.417 e. The molecule has 0 saturated carbocycles. The molecule has 3 aromatic rings. The molecule has 0 spiro atoms. The number of allylic oxidation sites excluding steroid dienone is 1. The van der Waals surface area contributed by atoms with Crippen LogP contribution in [0.25, 0.3) is 11.1 Å². The summed E-state index contributed by atoms with van der Waals surface area (Å²) in [5, 5.41) is 9.53. The lowest BCUT2D eigenvalue weighted by Crippen LogP contribution is -2.47. The number of carboxylic acids is 1. The number of rotatable bonds is 8. The van der Waals surface area contributed by atoms with Gasteiger partial charge in [0.2, 0.25) is 0 Å². The van der Waals surface area contributed by atoms with Gasteiger partial charge in [0, 0.05) is 19.6 Å². The van der Waals surface area contributed by atoms with Crippen LogP contribution in [0.15, 0.2) is 60.7 Å². The first kappa shape index (κ1) is 30.8. The van der Waals surface area contributed by atoms with E-state index in [2.05, 4.69) is 4.90 Å². The SMILES string of the molecule is O=C(O)c1ccc2c(c1)CCCC(c1cccc(C(F)(F)F)c1C(F)(F)F)=C2c1ccc(CC2CN(CCCF)C2)cc1. The zero-order valence-electron chi connectivity index (χ0n) is 23.2. The summed E-state index contributed by atoms with van der Waals surface area (Å²) in [4.78, 5) is 13.8. The number of alkyl halides is 7. The maximum absolute atomic E-state index is 14.4. The standard InChI is InChI=1S/C33H30F7NO2/c34-14-3-15-41-18-21(19-41)16-20-8-10-22(11-9-20)29-25-13-12-24(31(42)43)17-23(25)4-1-5-26(29)27-6-2-7-28(32(35,36)37)30(27)33(38,39)40/h2,6-13,17,21H,1,3-5,14-16,18-19H2,(H,42,43). The number of hydrogen-bond donors (Lipinski definition) is 1. The van der Waals surface area contributed by atoms with Gasteiger partial charge in [-0.25, -0.2) is 4.79 Å². The molecule has 1 aliphatic carbocycles. The predicted octanol–water partition coefficient (Wildman–Crippen LogP) is 8.55. The molecule has 3 aromatic carbocycles. The van der Waals surface area contributed by atoms with E-state index >= 15 is 0 Å². The molecular weight excluding hydrogens is 575 g/mol. The summed E-state index contributed by atoms with van der Waals surface area (Å²) in [7, 11) is 0. The monoisotopic (exact) mass is 605 g/mol. The lowest BCUT2D eigenvalue weighted by Gasteiger charge is -2.39. The molecule has 1 heterocycles. The molecular formula is C33H30F7NO2. The number of nitrogens with zero attached hydrogens (tertiary/aromatic N) is 1. The van der Waals surface area contributed by atoms with Crippen molar-refractivity contribution in [3.8, 4) is 0 Å². The van der Waals surface area contributed by atoms with Gasteiger partial charge < -0.3 is 10.0 Å². The van der Waals surface area contributed by atoms with Crippen LogP contribution in [0.2, 0.25) is 0 Å². The highest BCUT2D eigenvalue weighted by molar-refractivity contribution is 6.01. The Morgan fingerprint density at radius 1 is 0.884 bits per heavy atom. The van der Waals surface area contributed by atoms with E-state index in [4.69, 9.17) is 0 Å². The van der Waals surface area contributed by atoms with Crippen LogP contribution in [-0.4, -0.2) is 42.3 Å². The summed E-state index contributed by atoms with van der Waals surface area (Å²) in [6, 6.07) is 14.2. The number of benzene rings is 3. The number of likely N-dealkylation sites (tertiary alicyclic amines) is 1. The summed E-state index contributed by atoms with van der Waals surface area (Å²) in [6.45, 7) is 2.06. The second-order valence-corrected chi connectivity index (χ2v) is 11.2. The second-order valence-electron chi connectivity index (χ2n) is 11.2. The van der Waals surface area contributed by atoms with Crippen molar-refractivity contribution in [2.24, 2.45) is 5.92 Å². The van der Waals surface area contributed by atoms with Crippen molar-refractivity contribution in [2.75, 3.05) is 26.3 Å². The Hall–Kier alpha value is -3.66. The molecule has 1 fully saturated rings. The Morgan fingerprint density at radius 2 is 1.60 bits per heavy atom. The molecule has 0 bridgehead atoms. The maximum atomic E-state index is 14.4. The highest BCUT2D eigenvalue weighted by Gasteiger charge is 2.45. The van der Waals surface area contributed by atoms with Gasteiger partial charge in [0.1, 0.15) is 0 Å². The number of aryl methyl sites for hydroxylation is 1. The van der Waals surface area contributed by atoms with Crippen LogP contribution in [0.5, 0.6) is 0 Å². The minimum absolute atomic E-state index is 0.0213. The van der Waals surface area contributed by atoms with E-state index in [1.807, 2.05) is 12.1 Å². The molecule has 1 aliphatic heterocycles. The summed E-state index contributed by atoms with van der Waals surface area (Å²) < 4.78 is 97.1. The van der Waals surface area contributed by atoms with Crippen LogP contribution in [0.4, 0.5) is 30.7 Å². The quantitative estimate of drug-likeness (QED) is 0.262. The summed E-state index contributed by atoms with van der Waals surface area (Å²) in [6.07, 6.45) is -8.49. The van der Waals surface area contributed by atoms with Gasteiger partial charge in [-0.05, 0) is 95.2 Å². The molecule has 3 nitrogen and oxygen atoms in total. The smallest absolute Gasteiger partial charge is 0.417 e. The van der Waals surface area contributed by atoms with Crippen molar-refractivity contribution >= 4 is 17.1 Å². The number of fused-ring (bicyclic) bond motifs is 1. The molecule has 1 N–H and O–H groups in total. The third-order valence-electron chi connectivity index (χ3n) is 8.18. The Morgan fingerprint density at radius 3 is 2.23 bits per heavy atom. The fraction of sp³-hybridized carbons (Fsp3) is 0.364. The Balaban J connectivity index is 1.63. The normalized spacial score (nSPS) is 16.5. The fourth-order valence-electron chi connectivity index (χ4n) is 6.28. The summed E-state index contributed by atoms with van der Waals surface area (Å²) >= 11 is 0. The van der Waals surface area contributed by atoms with Crippen LogP contribution < -0.4 is 0 Å². The van der Waals surface area contributed by atoms with Crippen LogP contribution >= 0.6 is 0 Å². The van der Waals surface area contributed by atoms with Gasteiger partial charge in [-0.2, -0.15) is 26.3 Å². The van der Waals surface area contributed by atoms with Crippen LogP contribution in [-0.2, 0) is 25.2 Å². The van der Waals surface area contributed by atoms with Gasteiger partial charge >= 0.3 is 18.3 Å². The van der Waals surface area contributed by atoms with Gasteiger partial charge in [-0.3, -0.25) is 4.39 Å². The van der Waals surface area contributed by atoms with E-state index in [-0.39, 0.29) is 24.2 Å². The Labute approximate surface area is 244 Å². The molecule has 1 saturated heterocycles. The molecule has 0 amide bonds. The van der Waals surface area contributed by atoms with Crippen LogP contribution in [0.1, 0.15) is 68.6 Å². The summed E-state index contributed by atoms with van der Waals surface area (Å²) in [5.74, 6) is -0.758. The minimum atomic E-state index is -5.27. The van der Waals surface area contributed by atoms with Gasteiger partial charge in [-0.15, -0.1) is 0 Å². The van der Waals surface area contributed by atoms with Gasteiger partial charge in [-0.1, -0.05) is 42.5 Å². The van der Waals surface area contributed by atoms with E-state index in [1.165, 1.54) is 18.2 Å². The Bertz CT molecular complexity index is 1520. The van der Waals surface area contributed by atoms with E-state index in [1.54, 1.807) is 12.1 Å². The third kappa shape index (κ3) is 6.64. The van der Waals surface area contributed by atoms with Gasteiger partial charge in [0.15, 0.2) is 0 Å². The second kappa shape index (κ2) is 12.1. The molecule has 5 rings (SSSR count). The lowest BCUT2D eigenvalue weighted by atomic mass is 9.84. The van der Waals surface area contributed by atoms with Gasteiger partial charge in [0.05, 0.1) is 23.4 Å². The number of carboxylic acid groups (broad SMARTS) is 1. The average molecular weight is 606 g/mol. The largest absolute Gasteiger partial charge is 0.478 e. The zero-order valence-corrected chi connectivity index (χ0v) is 23.2. The van der Waals surface area contributed by atoms with Gasteiger partial charge in [0.25, 0.3) is 0 Å². The molecule has 0 radical (unpaired) electrons. The molecule has 0 unspecified atom stereocenters. The summed E-state index contributed by atoms with van der Waals surface area (Å²) in [5.41, 5.74) is -0.828. The molecule has 10 heteroatoms. The first-order valence-electron chi connectivity index (χ1n) is 14.1. The number of aromatic carboxylic acids is 1. The van der Waals surface area contributed by atoms with E-state index in [0.29, 0.717) is 60.1 Å². The molecule has 43 heavy (non-hydrogen) atoms. The van der Waals surface area contributed by atoms with E-state index < -0.39 is 35.0 Å².